The Hall–Kier alpha value is -0.450. The van der Waals surface area contributed by atoms with E-state index in [4.69, 9.17) is 17.3 Å². The molecule has 0 saturated heterocycles. The zero-order valence-corrected chi connectivity index (χ0v) is 10.1. The van der Waals surface area contributed by atoms with Gasteiger partial charge in [0, 0.05) is 11.1 Å². The van der Waals surface area contributed by atoms with E-state index in [1.54, 1.807) is 6.92 Å². The van der Waals surface area contributed by atoms with E-state index >= 15 is 0 Å². The third kappa shape index (κ3) is 3.54. The highest BCUT2D eigenvalue weighted by Crippen LogP contribution is 2.33. The second-order valence-corrected chi connectivity index (χ2v) is 3.66. The topological polar surface area (TPSA) is 26.0 Å². The average molecular weight is 274 g/mol. The van der Waals surface area contributed by atoms with Crippen LogP contribution < -0.4 is 5.73 Å². The van der Waals surface area contributed by atoms with Gasteiger partial charge in [-0.15, -0.1) is 12.4 Å². The summed E-state index contributed by atoms with van der Waals surface area (Å²) in [5.74, 6) is 0. The van der Waals surface area contributed by atoms with Crippen molar-refractivity contribution in [2.45, 2.75) is 25.6 Å². The van der Waals surface area contributed by atoms with Crippen molar-refractivity contribution in [2.75, 3.05) is 0 Å². The highest BCUT2D eigenvalue weighted by molar-refractivity contribution is 6.31. The molecule has 0 spiro atoms. The molecule has 0 aliphatic carbocycles. The summed E-state index contributed by atoms with van der Waals surface area (Å²) in [4.78, 5) is 0. The number of hydrogen-bond donors (Lipinski definition) is 1. The van der Waals surface area contributed by atoms with Gasteiger partial charge in [0.2, 0.25) is 0 Å². The van der Waals surface area contributed by atoms with E-state index in [2.05, 4.69) is 0 Å². The van der Waals surface area contributed by atoms with Crippen LogP contribution in [0.3, 0.4) is 0 Å². The lowest BCUT2D eigenvalue weighted by atomic mass is 10.0. The van der Waals surface area contributed by atoms with Crippen LogP contribution in [0.5, 0.6) is 0 Å². The molecule has 1 unspecified atom stereocenters. The van der Waals surface area contributed by atoms with E-state index in [0.717, 1.165) is 12.1 Å². The van der Waals surface area contributed by atoms with Crippen LogP contribution >= 0.6 is 24.0 Å². The molecule has 16 heavy (non-hydrogen) atoms. The summed E-state index contributed by atoms with van der Waals surface area (Å²) in [7, 11) is 0. The summed E-state index contributed by atoms with van der Waals surface area (Å²) in [6, 6.07) is 2.74. The fourth-order valence-corrected chi connectivity index (χ4v) is 1.48. The Balaban J connectivity index is 0.00000225. The molecule has 0 saturated carbocycles. The number of alkyl halides is 3. The van der Waals surface area contributed by atoms with Gasteiger partial charge >= 0.3 is 6.18 Å². The minimum atomic E-state index is -4.35. The van der Waals surface area contributed by atoms with Crippen LogP contribution in [0.25, 0.3) is 0 Å². The van der Waals surface area contributed by atoms with Gasteiger partial charge in [0.15, 0.2) is 0 Å². The van der Waals surface area contributed by atoms with Crippen molar-refractivity contribution in [1.82, 2.24) is 0 Å². The van der Waals surface area contributed by atoms with Gasteiger partial charge in [0.05, 0.1) is 5.56 Å². The highest BCUT2D eigenvalue weighted by atomic mass is 35.5. The third-order valence-electron chi connectivity index (χ3n) is 2.16. The van der Waals surface area contributed by atoms with Crippen molar-refractivity contribution in [3.8, 4) is 0 Å². The molecule has 1 nitrogen and oxygen atoms in total. The zero-order chi connectivity index (χ0) is 11.6. The van der Waals surface area contributed by atoms with Crippen molar-refractivity contribution < 1.29 is 13.2 Å². The molecule has 0 radical (unpaired) electrons. The maximum absolute atomic E-state index is 12.4. The molecule has 2 N–H and O–H groups in total. The van der Waals surface area contributed by atoms with Crippen LogP contribution in [0, 0.1) is 0 Å². The Morgan fingerprint density at radius 1 is 1.38 bits per heavy atom. The van der Waals surface area contributed by atoms with E-state index in [1.165, 1.54) is 6.07 Å². The Morgan fingerprint density at radius 2 is 1.94 bits per heavy atom. The molecule has 1 atom stereocenters. The number of nitrogens with two attached hydrogens (primary N) is 1. The highest BCUT2D eigenvalue weighted by Gasteiger charge is 2.31. The fraction of sp³-hybridized carbons (Fsp3) is 0.400. The van der Waals surface area contributed by atoms with Gasteiger partial charge < -0.3 is 5.73 Å². The molecule has 0 aromatic heterocycles. The first-order valence-corrected chi connectivity index (χ1v) is 4.86. The third-order valence-corrected chi connectivity index (χ3v) is 2.51. The largest absolute Gasteiger partial charge is 0.416 e. The Kier molecular flexibility index (Phi) is 5.59. The summed E-state index contributed by atoms with van der Waals surface area (Å²) in [5.41, 5.74) is 5.28. The predicted octanol–water partition coefficient (Wildman–Crippen LogP) is 4.19. The van der Waals surface area contributed by atoms with Gasteiger partial charge in [-0.3, -0.25) is 0 Å². The zero-order valence-electron chi connectivity index (χ0n) is 8.51. The molecule has 0 heterocycles. The second-order valence-electron chi connectivity index (χ2n) is 3.25. The molecule has 92 valence electrons. The standard InChI is InChI=1S/C10H11ClF3N.ClH/c1-2-9(15)7-5-6(10(12,13)14)3-4-8(7)11;/h3-5,9H,2,15H2,1H3;1H. The van der Waals surface area contributed by atoms with Gasteiger partial charge in [0.25, 0.3) is 0 Å². The van der Waals surface area contributed by atoms with E-state index in [-0.39, 0.29) is 17.4 Å². The van der Waals surface area contributed by atoms with Crippen LogP contribution in [0.1, 0.15) is 30.5 Å². The Labute approximate surface area is 103 Å². The van der Waals surface area contributed by atoms with E-state index in [9.17, 15) is 13.2 Å². The quantitative estimate of drug-likeness (QED) is 0.859. The number of rotatable bonds is 2. The molecular formula is C10H12Cl2F3N. The van der Waals surface area contributed by atoms with Crippen LogP contribution in [0.2, 0.25) is 5.02 Å². The van der Waals surface area contributed by atoms with E-state index in [1.807, 2.05) is 0 Å². The summed E-state index contributed by atoms with van der Waals surface area (Å²) in [5, 5.41) is 0.275. The normalized spacial score (nSPS) is 13.1. The van der Waals surface area contributed by atoms with Crippen molar-refractivity contribution in [1.29, 1.82) is 0 Å². The van der Waals surface area contributed by atoms with Gasteiger partial charge in [0.1, 0.15) is 0 Å². The number of halogens is 5. The van der Waals surface area contributed by atoms with Gasteiger partial charge in [-0.25, -0.2) is 0 Å². The summed E-state index contributed by atoms with van der Waals surface area (Å²) < 4.78 is 37.1. The lowest BCUT2D eigenvalue weighted by molar-refractivity contribution is -0.137. The van der Waals surface area contributed by atoms with Crippen molar-refractivity contribution in [3.05, 3.63) is 34.3 Å². The van der Waals surface area contributed by atoms with Crippen molar-refractivity contribution >= 4 is 24.0 Å². The number of hydrogen-bond acceptors (Lipinski definition) is 1. The molecule has 1 rings (SSSR count). The SMILES string of the molecule is CCC(N)c1cc(C(F)(F)F)ccc1Cl.Cl. The lowest BCUT2D eigenvalue weighted by Gasteiger charge is -2.14. The molecule has 6 heteroatoms. The molecule has 0 fully saturated rings. The van der Waals surface area contributed by atoms with Crippen LogP contribution in [0.4, 0.5) is 13.2 Å². The second kappa shape index (κ2) is 5.75. The monoisotopic (exact) mass is 273 g/mol. The van der Waals surface area contributed by atoms with Crippen molar-refractivity contribution in [2.24, 2.45) is 5.73 Å². The van der Waals surface area contributed by atoms with Crippen LogP contribution in [-0.4, -0.2) is 0 Å². The summed E-state index contributed by atoms with van der Waals surface area (Å²) in [6.45, 7) is 1.79. The van der Waals surface area contributed by atoms with Gasteiger partial charge in [-0.1, -0.05) is 18.5 Å². The smallest absolute Gasteiger partial charge is 0.324 e. The van der Waals surface area contributed by atoms with Gasteiger partial charge in [-0.2, -0.15) is 13.2 Å². The van der Waals surface area contributed by atoms with Crippen LogP contribution in [0.15, 0.2) is 18.2 Å². The molecule has 0 amide bonds. The maximum Gasteiger partial charge on any atom is 0.416 e. The minimum absolute atomic E-state index is 0. The van der Waals surface area contributed by atoms with Gasteiger partial charge in [-0.05, 0) is 30.2 Å². The first kappa shape index (κ1) is 15.5. The van der Waals surface area contributed by atoms with Crippen molar-refractivity contribution in [3.63, 3.8) is 0 Å². The average Bonchev–Trinajstić information content (AvgIpc) is 2.15. The fourth-order valence-electron chi connectivity index (χ4n) is 1.22. The Morgan fingerprint density at radius 3 is 2.38 bits per heavy atom. The van der Waals surface area contributed by atoms with Crippen LogP contribution in [-0.2, 0) is 6.18 Å². The summed E-state index contributed by atoms with van der Waals surface area (Å²) >= 11 is 5.77. The molecule has 1 aromatic rings. The first-order chi connectivity index (χ1) is 6.86. The molecular weight excluding hydrogens is 262 g/mol. The first-order valence-electron chi connectivity index (χ1n) is 4.48. The predicted molar refractivity (Wildman–Crippen MR) is 60.9 cm³/mol. The number of benzene rings is 1. The van der Waals surface area contributed by atoms with E-state index < -0.39 is 17.8 Å². The molecule has 0 bridgehead atoms. The van der Waals surface area contributed by atoms with E-state index in [0.29, 0.717) is 12.0 Å². The molecule has 1 aromatic carbocycles. The maximum atomic E-state index is 12.4. The Bertz CT molecular complexity index is 352. The minimum Gasteiger partial charge on any atom is -0.324 e. The summed E-state index contributed by atoms with van der Waals surface area (Å²) in [6.07, 6.45) is -3.81. The molecule has 0 aliphatic heterocycles. The molecule has 0 aliphatic rings. The lowest BCUT2D eigenvalue weighted by Crippen LogP contribution is -2.12.